The highest BCUT2D eigenvalue weighted by molar-refractivity contribution is 6.35. The molecule has 4 amide bonds. The van der Waals surface area contributed by atoms with E-state index in [4.69, 9.17) is 0 Å². The van der Waals surface area contributed by atoms with E-state index in [0.29, 0.717) is 23.0 Å². The van der Waals surface area contributed by atoms with Crippen LogP contribution in [0.25, 0.3) is 33.6 Å². The van der Waals surface area contributed by atoms with Crippen molar-refractivity contribution in [3.8, 4) is 33.6 Å². The molecule has 4 aromatic rings. The molecule has 4 atom stereocenters. The SMILES string of the molecule is O=C(C(=O)N1CC(O)CC1c1ncc(-c2ccc(-c3ccc(-c4cnc(C5CC(O)CN5C(=O)C(=O)N5CCC(F)(F)CC5)[nH]4)cc3)cc2)[nH]1)N1CCC(F)(F)CC1. The molecule has 4 aliphatic heterocycles. The highest BCUT2D eigenvalue weighted by Gasteiger charge is 2.45. The van der Waals surface area contributed by atoms with Crippen molar-refractivity contribution in [2.45, 2.75) is 74.7 Å². The molecule has 0 aliphatic carbocycles. The number of rotatable bonds is 5. The summed E-state index contributed by atoms with van der Waals surface area (Å²) in [6, 6.07) is 13.9. The maximum absolute atomic E-state index is 13.6. The summed E-state index contributed by atoms with van der Waals surface area (Å²) in [4.78, 5) is 72.4. The Kier molecular flexibility index (Phi) is 10.3. The summed E-state index contributed by atoms with van der Waals surface area (Å²) in [5.74, 6) is -8.40. The van der Waals surface area contributed by atoms with Gasteiger partial charge in [-0.05, 0) is 22.3 Å². The molecule has 2 aromatic carbocycles. The fourth-order valence-electron chi connectivity index (χ4n) is 8.17. The molecule has 4 aliphatic rings. The molecule has 4 fully saturated rings. The zero-order valence-electron chi connectivity index (χ0n) is 31.3. The minimum atomic E-state index is -2.86. The first kappa shape index (κ1) is 39.2. The van der Waals surface area contributed by atoms with E-state index in [9.17, 15) is 47.0 Å². The average molecular weight is 807 g/mol. The number of likely N-dealkylation sites (tertiary alicyclic amines) is 4. The molecule has 0 radical (unpaired) electrons. The molecular formula is C40H42F4N8O6. The summed E-state index contributed by atoms with van der Waals surface area (Å²) < 4.78 is 54.5. The van der Waals surface area contributed by atoms with Gasteiger partial charge >= 0.3 is 23.6 Å². The predicted molar refractivity (Wildman–Crippen MR) is 199 cm³/mol. The van der Waals surface area contributed by atoms with Crippen LogP contribution in [0.15, 0.2) is 60.9 Å². The number of carbonyl (C=O) groups excluding carboxylic acids is 4. The molecular weight excluding hydrogens is 764 g/mol. The van der Waals surface area contributed by atoms with E-state index >= 15 is 0 Å². The number of H-pyrrole nitrogens is 2. The van der Waals surface area contributed by atoms with Gasteiger partial charge in [0.2, 0.25) is 0 Å². The number of aromatic amines is 2. The third-order valence-corrected chi connectivity index (χ3v) is 11.6. The molecule has 306 valence electrons. The molecule has 4 unspecified atom stereocenters. The van der Waals surface area contributed by atoms with Crippen molar-refractivity contribution in [3.63, 3.8) is 0 Å². The Morgan fingerprint density at radius 3 is 1.22 bits per heavy atom. The van der Waals surface area contributed by atoms with E-state index in [-0.39, 0.29) is 52.1 Å². The molecule has 6 heterocycles. The van der Waals surface area contributed by atoms with Crippen molar-refractivity contribution in [2.75, 3.05) is 39.3 Å². The topological polar surface area (TPSA) is 179 Å². The average Bonchev–Trinajstić information content (AvgIpc) is 4.04. The fourth-order valence-corrected chi connectivity index (χ4v) is 8.17. The van der Waals surface area contributed by atoms with Crippen molar-refractivity contribution >= 4 is 23.6 Å². The molecule has 58 heavy (non-hydrogen) atoms. The lowest BCUT2D eigenvalue weighted by Crippen LogP contribution is -2.50. The van der Waals surface area contributed by atoms with Crippen LogP contribution in [0.3, 0.4) is 0 Å². The lowest BCUT2D eigenvalue weighted by molar-refractivity contribution is -0.156. The lowest BCUT2D eigenvalue weighted by atomic mass is 10.0. The number of imidazole rings is 2. The molecule has 4 N–H and O–H groups in total. The monoisotopic (exact) mass is 806 g/mol. The number of nitrogens with zero attached hydrogens (tertiary/aromatic N) is 6. The fraction of sp³-hybridized carbons (Fsp3) is 0.450. The summed E-state index contributed by atoms with van der Waals surface area (Å²) in [5, 5.41) is 20.8. The van der Waals surface area contributed by atoms with Gasteiger partial charge in [0, 0.05) is 77.8 Å². The van der Waals surface area contributed by atoms with Crippen LogP contribution in [0.2, 0.25) is 0 Å². The highest BCUT2D eigenvalue weighted by atomic mass is 19.3. The number of amides is 4. The van der Waals surface area contributed by atoms with Crippen LogP contribution >= 0.6 is 0 Å². The largest absolute Gasteiger partial charge is 0.391 e. The van der Waals surface area contributed by atoms with Gasteiger partial charge in [-0.15, -0.1) is 0 Å². The van der Waals surface area contributed by atoms with Crippen molar-refractivity contribution in [2.24, 2.45) is 0 Å². The van der Waals surface area contributed by atoms with E-state index in [2.05, 4.69) is 19.9 Å². The second kappa shape index (κ2) is 15.3. The smallest absolute Gasteiger partial charge is 0.312 e. The summed E-state index contributed by atoms with van der Waals surface area (Å²) >= 11 is 0. The predicted octanol–water partition coefficient (Wildman–Crippen LogP) is 3.92. The third kappa shape index (κ3) is 7.94. The highest BCUT2D eigenvalue weighted by Crippen LogP contribution is 2.36. The van der Waals surface area contributed by atoms with Crippen LogP contribution in [0.1, 0.15) is 62.3 Å². The molecule has 2 aromatic heterocycles. The number of aromatic nitrogens is 4. The van der Waals surface area contributed by atoms with Crippen molar-refractivity contribution in [3.05, 3.63) is 72.6 Å². The second-order valence-corrected chi connectivity index (χ2v) is 15.5. The Labute approximate surface area is 329 Å². The molecule has 8 rings (SSSR count). The molecule has 18 heteroatoms. The number of β-amino-alcohol motifs (C(OH)–C–C–N with tert-alkyl or cyclic N) is 2. The zero-order chi connectivity index (χ0) is 40.9. The van der Waals surface area contributed by atoms with Gasteiger partial charge in [0.15, 0.2) is 0 Å². The van der Waals surface area contributed by atoms with E-state index in [1.54, 1.807) is 12.4 Å². The number of halogens is 4. The lowest BCUT2D eigenvalue weighted by Gasteiger charge is -2.33. The van der Waals surface area contributed by atoms with Crippen LogP contribution in [0.4, 0.5) is 17.6 Å². The van der Waals surface area contributed by atoms with Gasteiger partial charge < -0.3 is 39.8 Å². The zero-order valence-corrected chi connectivity index (χ0v) is 31.3. The number of aliphatic hydroxyl groups is 2. The number of benzene rings is 2. The van der Waals surface area contributed by atoms with Gasteiger partial charge in [0.05, 0.1) is 48.1 Å². The van der Waals surface area contributed by atoms with Crippen molar-refractivity contribution < 1.29 is 47.0 Å². The number of alkyl halides is 4. The maximum Gasteiger partial charge on any atom is 0.312 e. The van der Waals surface area contributed by atoms with E-state index < -0.39 is 85.4 Å². The van der Waals surface area contributed by atoms with Crippen LogP contribution in [0, 0.1) is 0 Å². The first-order chi connectivity index (χ1) is 27.6. The van der Waals surface area contributed by atoms with Gasteiger partial charge in [-0.25, -0.2) is 27.5 Å². The van der Waals surface area contributed by atoms with Crippen molar-refractivity contribution in [1.82, 2.24) is 39.5 Å². The number of nitrogens with one attached hydrogen (secondary N) is 2. The van der Waals surface area contributed by atoms with Crippen molar-refractivity contribution in [1.29, 1.82) is 0 Å². The minimum absolute atomic E-state index is 0.0787. The van der Waals surface area contributed by atoms with Gasteiger partial charge in [-0.1, -0.05) is 48.5 Å². The quantitative estimate of drug-likeness (QED) is 0.173. The van der Waals surface area contributed by atoms with Gasteiger partial charge in [-0.3, -0.25) is 19.2 Å². The summed E-state index contributed by atoms with van der Waals surface area (Å²) in [5.41, 5.74) is 4.74. The third-order valence-electron chi connectivity index (χ3n) is 11.6. The van der Waals surface area contributed by atoms with Crippen LogP contribution in [0.5, 0.6) is 0 Å². The summed E-state index contributed by atoms with van der Waals surface area (Å²) in [6.45, 7) is -1.02. The molecule has 0 bridgehead atoms. The van der Waals surface area contributed by atoms with E-state index in [0.717, 1.165) is 32.1 Å². The minimum Gasteiger partial charge on any atom is -0.391 e. The Bertz CT molecular complexity index is 2020. The Morgan fingerprint density at radius 1 is 0.552 bits per heavy atom. The Morgan fingerprint density at radius 2 is 0.879 bits per heavy atom. The molecule has 14 nitrogen and oxygen atoms in total. The first-order valence-electron chi connectivity index (χ1n) is 19.3. The number of hydrogen-bond donors (Lipinski definition) is 4. The van der Waals surface area contributed by atoms with Crippen LogP contribution in [-0.2, 0) is 19.2 Å². The summed E-state index contributed by atoms with van der Waals surface area (Å²) in [7, 11) is 0. The maximum atomic E-state index is 13.6. The van der Waals surface area contributed by atoms with E-state index in [1.165, 1.54) is 9.80 Å². The number of hydrogen-bond acceptors (Lipinski definition) is 8. The molecule has 0 spiro atoms. The van der Waals surface area contributed by atoms with Gasteiger partial charge in [0.1, 0.15) is 11.6 Å². The van der Waals surface area contributed by atoms with Crippen LogP contribution < -0.4 is 0 Å². The van der Waals surface area contributed by atoms with Gasteiger partial charge in [-0.2, -0.15) is 0 Å². The van der Waals surface area contributed by atoms with Crippen LogP contribution in [-0.4, -0.2) is 137 Å². The number of piperidine rings is 2. The standard InChI is InChI=1S/C40H42F4N8O6/c41-39(42)9-13-49(14-10-39)35(55)37(57)51-21-27(53)17-31(51)33-45-19-29(47-33)25-5-1-23(2-6-25)24-3-7-26(8-4-24)30-20-46-34(48-30)32-18-28(54)22-52(32)38(58)36(56)50-15-11-40(43,44)12-16-50/h1-8,19-20,27-28,31-32,53-54H,9-18,21-22H2,(H,45,47)(H,46,48). The molecule has 0 saturated carbocycles. The van der Waals surface area contributed by atoms with Gasteiger partial charge in [0.25, 0.3) is 11.8 Å². The molecule has 4 saturated heterocycles. The number of carbonyl (C=O) groups is 4. The summed E-state index contributed by atoms with van der Waals surface area (Å²) in [6.07, 6.45) is -0.232. The number of aliphatic hydroxyl groups excluding tert-OH is 2. The first-order valence-corrected chi connectivity index (χ1v) is 19.3. The Balaban J connectivity index is 0.904. The normalized spacial score (nSPS) is 24.3. The Hall–Kier alpha value is -5.62. The second-order valence-electron chi connectivity index (χ2n) is 15.5. The van der Waals surface area contributed by atoms with E-state index in [1.807, 2.05) is 48.5 Å².